The van der Waals surface area contributed by atoms with Gasteiger partial charge in [0.1, 0.15) is 5.75 Å². The van der Waals surface area contributed by atoms with Gasteiger partial charge in [-0.15, -0.1) is 11.8 Å². The predicted molar refractivity (Wildman–Crippen MR) is 110 cm³/mol. The number of carboxylic acid groups (broad SMARTS) is 1. The molecule has 0 bridgehead atoms. The number of fused-ring (bicyclic) bond motifs is 1. The molecule has 1 aromatic heterocycles. The smallest absolute Gasteiger partial charge is 0.250 e. The van der Waals surface area contributed by atoms with Crippen molar-refractivity contribution in [1.29, 1.82) is 0 Å². The number of hydrazone groups is 1. The number of nitrogens with one attached hydrogen (secondary N) is 1. The third kappa shape index (κ3) is 5.32. The topological polar surface area (TPSA) is 104 Å². The molecule has 8 heteroatoms. The lowest BCUT2D eigenvalue weighted by Crippen LogP contribution is -2.22. The van der Waals surface area contributed by atoms with Gasteiger partial charge in [0.25, 0.3) is 0 Å². The molecular weight excluding hydrogens is 390 g/mol. The second-order valence-electron chi connectivity index (χ2n) is 6.14. The number of carbonyl (C=O) groups excluding carboxylic acids is 2. The van der Waals surface area contributed by atoms with Crippen LogP contribution in [-0.2, 0) is 4.79 Å². The van der Waals surface area contributed by atoms with E-state index < -0.39 is 5.97 Å². The zero-order valence-corrected chi connectivity index (χ0v) is 16.7. The summed E-state index contributed by atoms with van der Waals surface area (Å²) in [4.78, 5) is 28.3. The minimum Gasteiger partial charge on any atom is -0.545 e. The highest BCUT2D eigenvalue weighted by atomic mass is 32.2. The van der Waals surface area contributed by atoms with E-state index in [1.165, 1.54) is 30.1 Å². The van der Waals surface area contributed by atoms with Crippen molar-refractivity contribution < 1.29 is 19.4 Å². The van der Waals surface area contributed by atoms with Gasteiger partial charge in [-0.2, -0.15) is 5.10 Å². The lowest BCUT2D eigenvalue weighted by atomic mass is 10.1. The van der Waals surface area contributed by atoms with Gasteiger partial charge < -0.3 is 14.6 Å². The summed E-state index contributed by atoms with van der Waals surface area (Å²) in [6.45, 7) is 1.91. The Morgan fingerprint density at radius 1 is 1.21 bits per heavy atom. The van der Waals surface area contributed by atoms with Crippen molar-refractivity contribution >= 4 is 40.8 Å². The first-order chi connectivity index (χ1) is 14.0. The molecule has 0 saturated heterocycles. The maximum atomic E-state index is 12.1. The van der Waals surface area contributed by atoms with E-state index in [2.05, 4.69) is 15.5 Å². The van der Waals surface area contributed by atoms with Crippen LogP contribution >= 0.6 is 11.8 Å². The Labute approximate surface area is 171 Å². The van der Waals surface area contributed by atoms with Gasteiger partial charge in [0.2, 0.25) is 5.91 Å². The first kappa shape index (κ1) is 20.3. The number of hydrogen-bond donors (Lipinski definition) is 1. The third-order valence-electron chi connectivity index (χ3n) is 4.01. The van der Waals surface area contributed by atoms with E-state index in [4.69, 9.17) is 4.74 Å². The summed E-state index contributed by atoms with van der Waals surface area (Å²) in [6.07, 6.45) is 1.44. The summed E-state index contributed by atoms with van der Waals surface area (Å²) >= 11 is 1.39. The number of benzene rings is 2. The zero-order chi connectivity index (χ0) is 20.8. The van der Waals surface area contributed by atoms with Gasteiger partial charge in [-0.25, -0.2) is 5.43 Å². The van der Waals surface area contributed by atoms with Crippen LogP contribution in [0.3, 0.4) is 0 Å². The van der Waals surface area contributed by atoms with Crippen LogP contribution in [0.5, 0.6) is 5.75 Å². The summed E-state index contributed by atoms with van der Waals surface area (Å²) in [6, 6.07) is 13.6. The fourth-order valence-corrected chi connectivity index (χ4v) is 3.53. The first-order valence-electron chi connectivity index (χ1n) is 8.68. The number of rotatable bonds is 7. The van der Waals surface area contributed by atoms with E-state index in [9.17, 15) is 14.7 Å². The lowest BCUT2D eigenvalue weighted by Gasteiger charge is -2.09. The molecule has 1 N–H and O–H groups in total. The number of amides is 1. The molecule has 0 aliphatic carbocycles. The van der Waals surface area contributed by atoms with Crippen LogP contribution in [0, 0.1) is 6.92 Å². The van der Waals surface area contributed by atoms with Gasteiger partial charge in [0, 0.05) is 16.0 Å². The van der Waals surface area contributed by atoms with Crippen LogP contribution in [0.15, 0.2) is 58.5 Å². The molecule has 0 saturated carbocycles. The molecule has 148 valence electrons. The molecule has 3 aromatic rings. The average Bonchev–Trinajstić information content (AvgIpc) is 2.72. The van der Waals surface area contributed by atoms with Crippen LogP contribution in [0.4, 0.5) is 0 Å². The summed E-state index contributed by atoms with van der Waals surface area (Å²) in [7, 11) is 1.60. The summed E-state index contributed by atoms with van der Waals surface area (Å²) in [5, 5.41) is 15.6. The molecule has 2 aromatic carbocycles. The Bertz CT molecular complexity index is 1080. The van der Waals surface area contributed by atoms with E-state index >= 15 is 0 Å². The van der Waals surface area contributed by atoms with Crippen molar-refractivity contribution in [3.8, 4) is 5.75 Å². The maximum absolute atomic E-state index is 12.1. The van der Waals surface area contributed by atoms with E-state index in [1.54, 1.807) is 19.2 Å². The number of carboxylic acids is 1. The molecule has 29 heavy (non-hydrogen) atoms. The molecule has 1 heterocycles. The quantitative estimate of drug-likeness (QED) is 0.365. The standard InChI is InChI=1S/C21H19N3O4S/c1-13-9-19(17-10-16(28-2)7-8-18(17)23-13)29-12-20(25)24-22-11-14-3-5-15(6-4-14)21(26)27/h3-11H,12H2,1-2H3,(H,24,25)(H,26,27)/p-1/b22-11-. The molecule has 7 nitrogen and oxygen atoms in total. The maximum Gasteiger partial charge on any atom is 0.250 e. The number of methoxy groups -OCH3 is 1. The third-order valence-corrected chi connectivity index (χ3v) is 5.07. The molecule has 1 amide bonds. The van der Waals surface area contributed by atoms with Crippen LogP contribution in [-0.4, -0.2) is 35.9 Å². The van der Waals surface area contributed by atoms with Gasteiger partial charge in [0.05, 0.1) is 30.6 Å². The fourth-order valence-electron chi connectivity index (χ4n) is 2.61. The van der Waals surface area contributed by atoms with Gasteiger partial charge in [-0.1, -0.05) is 24.3 Å². The Morgan fingerprint density at radius 2 is 1.97 bits per heavy atom. The van der Waals surface area contributed by atoms with Crippen LogP contribution in [0.1, 0.15) is 21.6 Å². The Balaban J connectivity index is 1.62. The number of ether oxygens (including phenoxy) is 1. The molecule has 0 unspecified atom stereocenters. The second-order valence-corrected chi connectivity index (χ2v) is 7.15. The lowest BCUT2D eigenvalue weighted by molar-refractivity contribution is -0.255. The van der Waals surface area contributed by atoms with Crippen LogP contribution < -0.4 is 15.3 Å². The fraction of sp³-hybridized carbons (Fsp3) is 0.143. The molecule has 0 fully saturated rings. The van der Waals surface area contributed by atoms with Gasteiger partial charge >= 0.3 is 0 Å². The molecule has 0 atom stereocenters. The van der Waals surface area contributed by atoms with Gasteiger partial charge in [0.15, 0.2) is 0 Å². The normalized spacial score (nSPS) is 11.0. The second kappa shape index (κ2) is 9.20. The number of carbonyl (C=O) groups is 2. The predicted octanol–water partition coefficient (Wildman–Crippen LogP) is 2.16. The van der Waals surface area contributed by atoms with Crippen molar-refractivity contribution in [2.45, 2.75) is 11.8 Å². The summed E-state index contributed by atoms with van der Waals surface area (Å²) in [5.41, 5.74) is 4.91. The number of aromatic carboxylic acids is 1. The van der Waals surface area contributed by atoms with E-state index in [0.29, 0.717) is 5.56 Å². The first-order valence-corrected chi connectivity index (χ1v) is 9.66. The monoisotopic (exact) mass is 408 g/mol. The van der Waals surface area contributed by atoms with Gasteiger partial charge in [-0.05, 0) is 42.3 Å². The Morgan fingerprint density at radius 3 is 2.66 bits per heavy atom. The SMILES string of the molecule is COc1ccc2nc(C)cc(SCC(=O)N/N=C\c3ccc(C(=O)[O-])cc3)c2c1. The van der Waals surface area contributed by atoms with Crippen molar-refractivity contribution in [1.82, 2.24) is 10.4 Å². The molecule has 0 aliphatic heterocycles. The van der Waals surface area contributed by atoms with Gasteiger partial charge in [-0.3, -0.25) is 9.78 Å². The highest BCUT2D eigenvalue weighted by Crippen LogP contribution is 2.30. The van der Waals surface area contributed by atoms with Crippen molar-refractivity contribution in [3.05, 3.63) is 65.4 Å². The highest BCUT2D eigenvalue weighted by molar-refractivity contribution is 8.00. The number of hydrogen-bond acceptors (Lipinski definition) is 7. The van der Waals surface area contributed by atoms with E-state index in [1.807, 2.05) is 31.2 Å². The summed E-state index contributed by atoms with van der Waals surface area (Å²) < 4.78 is 5.28. The minimum absolute atomic E-state index is 0.0825. The zero-order valence-electron chi connectivity index (χ0n) is 15.8. The Kier molecular flexibility index (Phi) is 6.46. The largest absolute Gasteiger partial charge is 0.545 e. The number of thioether (sulfide) groups is 1. The van der Waals surface area contributed by atoms with Crippen molar-refractivity contribution in [2.24, 2.45) is 5.10 Å². The molecule has 0 spiro atoms. The minimum atomic E-state index is -1.24. The molecule has 3 rings (SSSR count). The Hall–Kier alpha value is -3.39. The molecule has 0 radical (unpaired) electrons. The number of aryl methyl sites for hydroxylation is 1. The van der Waals surface area contributed by atoms with E-state index in [0.717, 1.165) is 27.2 Å². The average molecular weight is 408 g/mol. The molecule has 0 aliphatic rings. The van der Waals surface area contributed by atoms with Crippen LogP contribution in [0.2, 0.25) is 0 Å². The number of nitrogens with zero attached hydrogens (tertiary/aromatic N) is 2. The van der Waals surface area contributed by atoms with Crippen molar-refractivity contribution in [3.63, 3.8) is 0 Å². The van der Waals surface area contributed by atoms with E-state index in [-0.39, 0.29) is 17.2 Å². The summed E-state index contributed by atoms with van der Waals surface area (Å²) in [5.74, 6) is -0.598. The van der Waals surface area contributed by atoms with Crippen molar-refractivity contribution in [2.75, 3.05) is 12.9 Å². The molecular formula is C21H18N3O4S-. The number of aromatic nitrogens is 1. The van der Waals surface area contributed by atoms with Crippen LogP contribution in [0.25, 0.3) is 10.9 Å². The highest BCUT2D eigenvalue weighted by Gasteiger charge is 2.09. The number of pyridine rings is 1.